The second kappa shape index (κ2) is 9.51. The highest BCUT2D eigenvalue weighted by molar-refractivity contribution is 5.98. The molecule has 0 saturated carbocycles. The standard InChI is InChI=1S/C23H20F3N3O3/c1-14-8-9-19(15(2)11-14)29-20(30)13-32-22(31)18-7-4-10-27-21(18)28-17-6-3-5-16(12-17)23(24,25)26/h3-12H,13H2,1-2H3,(H,27,28)(H,29,30). The van der Waals surface area contributed by atoms with Gasteiger partial charge in [0.1, 0.15) is 11.4 Å². The number of carbonyl (C=O) groups excluding carboxylic acids is 2. The second-order valence-electron chi connectivity index (χ2n) is 7.05. The number of amides is 1. The van der Waals surface area contributed by atoms with Crippen LogP contribution in [0.4, 0.5) is 30.4 Å². The molecule has 0 fully saturated rings. The van der Waals surface area contributed by atoms with Crippen LogP contribution in [-0.2, 0) is 15.7 Å². The average molecular weight is 443 g/mol. The molecular weight excluding hydrogens is 423 g/mol. The molecule has 166 valence electrons. The zero-order valence-electron chi connectivity index (χ0n) is 17.3. The largest absolute Gasteiger partial charge is 0.452 e. The number of alkyl halides is 3. The number of aromatic nitrogens is 1. The normalized spacial score (nSPS) is 11.0. The third-order valence-electron chi connectivity index (χ3n) is 4.47. The monoisotopic (exact) mass is 443 g/mol. The van der Waals surface area contributed by atoms with Gasteiger partial charge in [-0.2, -0.15) is 13.2 Å². The van der Waals surface area contributed by atoms with E-state index < -0.39 is 30.2 Å². The van der Waals surface area contributed by atoms with Gasteiger partial charge in [0, 0.05) is 17.6 Å². The third kappa shape index (κ3) is 5.84. The summed E-state index contributed by atoms with van der Waals surface area (Å²) in [5.74, 6) is -1.36. The van der Waals surface area contributed by atoms with E-state index in [4.69, 9.17) is 4.74 Å². The van der Waals surface area contributed by atoms with Gasteiger partial charge in [0.25, 0.3) is 5.91 Å². The minimum atomic E-state index is -4.51. The highest BCUT2D eigenvalue weighted by Crippen LogP contribution is 2.31. The predicted octanol–water partition coefficient (Wildman–Crippen LogP) is 5.26. The summed E-state index contributed by atoms with van der Waals surface area (Å²) in [5.41, 5.74) is 1.74. The number of nitrogens with zero attached hydrogens (tertiary/aromatic N) is 1. The molecule has 0 atom stereocenters. The summed E-state index contributed by atoms with van der Waals surface area (Å²) in [4.78, 5) is 28.7. The molecule has 0 aliphatic rings. The van der Waals surface area contributed by atoms with Crippen LogP contribution in [0.3, 0.4) is 0 Å². The summed E-state index contributed by atoms with van der Waals surface area (Å²) < 4.78 is 43.9. The van der Waals surface area contributed by atoms with Crippen LogP contribution in [0.1, 0.15) is 27.0 Å². The van der Waals surface area contributed by atoms with Gasteiger partial charge < -0.3 is 15.4 Å². The molecule has 0 radical (unpaired) electrons. The van der Waals surface area contributed by atoms with E-state index in [0.29, 0.717) is 5.69 Å². The van der Waals surface area contributed by atoms with Crippen molar-refractivity contribution in [3.63, 3.8) is 0 Å². The molecule has 0 saturated heterocycles. The number of hydrogen-bond donors (Lipinski definition) is 2. The van der Waals surface area contributed by atoms with Crippen LogP contribution in [0.25, 0.3) is 0 Å². The Hall–Kier alpha value is -3.88. The van der Waals surface area contributed by atoms with E-state index in [1.807, 2.05) is 26.0 Å². The van der Waals surface area contributed by atoms with Crippen molar-refractivity contribution >= 4 is 29.1 Å². The van der Waals surface area contributed by atoms with Gasteiger partial charge in [0.2, 0.25) is 0 Å². The van der Waals surface area contributed by atoms with Gasteiger partial charge in [-0.05, 0) is 55.8 Å². The molecular formula is C23H20F3N3O3. The molecule has 0 spiro atoms. The Morgan fingerprint density at radius 3 is 2.53 bits per heavy atom. The SMILES string of the molecule is Cc1ccc(NC(=O)COC(=O)c2cccnc2Nc2cccc(C(F)(F)F)c2)c(C)c1. The number of anilines is 3. The summed E-state index contributed by atoms with van der Waals surface area (Å²) in [7, 11) is 0. The lowest BCUT2D eigenvalue weighted by molar-refractivity contribution is -0.137. The molecule has 32 heavy (non-hydrogen) atoms. The quantitative estimate of drug-likeness (QED) is 0.508. The van der Waals surface area contributed by atoms with Gasteiger partial charge in [0.15, 0.2) is 6.61 Å². The van der Waals surface area contributed by atoms with E-state index in [2.05, 4.69) is 15.6 Å². The minimum absolute atomic E-state index is 0.00612. The molecule has 0 aliphatic heterocycles. The number of carbonyl (C=O) groups is 2. The van der Waals surface area contributed by atoms with Gasteiger partial charge in [-0.25, -0.2) is 9.78 Å². The maximum Gasteiger partial charge on any atom is 0.416 e. The van der Waals surface area contributed by atoms with Crippen molar-refractivity contribution in [3.8, 4) is 0 Å². The maximum atomic E-state index is 12.9. The summed E-state index contributed by atoms with van der Waals surface area (Å²) in [6.45, 7) is 3.24. The highest BCUT2D eigenvalue weighted by atomic mass is 19.4. The molecule has 9 heteroatoms. The van der Waals surface area contributed by atoms with Crippen LogP contribution in [0.15, 0.2) is 60.8 Å². The molecule has 1 amide bonds. The number of hydrogen-bond acceptors (Lipinski definition) is 5. The third-order valence-corrected chi connectivity index (χ3v) is 4.47. The zero-order chi connectivity index (χ0) is 23.3. The van der Waals surface area contributed by atoms with Gasteiger partial charge in [0.05, 0.1) is 5.56 Å². The first-order chi connectivity index (χ1) is 15.1. The lowest BCUT2D eigenvalue weighted by atomic mass is 10.1. The van der Waals surface area contributed by atoms with E-state index in [1.54, 1.807) is 6.07 Å². The number of esters is 1. The Kier molecular flexibility index (Phi) is 6.77. The Morgan fingerprint density at radius 2 is 1.81 bits per heavy atom. The Bertz CT molecular complexity index is 1150. The number of rotatable bonds is 6. The number of aryl methyl sites for hydroxylation is 2. The fraction of sp³-hybridized carbons (Fsp3) is 0.174. The van der Waals surface area contributed by atoms with Gasteiger partial charge >= 0.3 is 12.1 Å². The van der Waals surface area contributed by atoms with Crippen molar-refractivity contribution in [2.24, 2.45) is 0 Å². The van der Waals surface area contributed by atoms with Gasteiger partial charge in [-0.3, -0.25) is 4.79 Å². The summed E-state index contributed by atoms with van der Waals surface area (Å²) in [6, 6.07) is 12.9. The zero-order valence-corrected chi connectivity index (χ0v) is 17.3. The van der Waals surface area contributed by atoms with Crippen LogP contribution in [0.2, 0.25) is 0 Å². The van der Waals surface area contributed by atoms with E-state index in [-0.39, 0.29) is 17.1 Å². The van der Waals surface area contributed by atoms with Gasteiger partial charge in [-0.1, -0.05) is 23.8 Å². The number of benzene rings is 2. The van der Waals surface area contributed by atoms with Crippen molar-refractivity contribution < 1.29 is 27.5 Å². The molecule has 1 heterocycles. The van der Waals surface area contributed by atoms with E-state index in [9.17, 15) is 22.8 Å². The summed E-state index contributed by atoms with van der Waals surface area (Å²) in [5, 5.41) is 5.36. The highest BCUT2D eigenvalue weighted by Gasteiger charge is 2.30. The minimum Gasteiger partial charge on any atom is -0.452 e. The first kappa shape index (κ1) is 22.8. The number of ether oxygens (including phenoxy) is 1. The molecule has 1 aromatic heterocycles. The first-order valence-corrected chi connectivity index (χ1v) is 9.57. The van der Waals surface area contributed by atoms with Crippen molar-refractivity contribution in [1.82, 2.24) is 4.98 Å². The molecule has 0 unspecified atom stereocenters. The number of nitrogens with one attached hydrogen (secondary N) is 2. The van der Waals surface area contributed by atoms with Gasteiger partial charge in [-0.15, -0.1) is 0 Å². The average Bonchev–Trinajstić information content (AvgIpc) is 2.74. The smallest absolute Gasteiger partial charge is 0.416 e. The predicted molar refractivity (Wildman–Crippen MR) is 114 cm³/mol. The van der Waals surface area contributed by atoms with Crippen LogP contribution in [0, 0.1) is 13.8 Å². The molecule has 0 aliphatic carbocycles. The van der Waals surface area contributed by atoms with Crippen molar-refractivity contribution in [1.29, 1.82) is 0 Å². The number of halogens is 3. The second-order valence-corrected chi connectivity index (χ2v) is 7.05. The fourth-order valence-electron chi connectivity index (χ4n) is 2.93. The van der Waals surface area contributed by atoms with Crippen LogP contribution < -0.4 is 10.6 Å². The Balaban J connectivity index is 1.67. The summed E-state index contributed by atoms with van der Waals surface area (Å²) in [6.07, 6.45) is -3.13. The van der Waals surface area contributed by atoms with Crippen LogP contribution in [0.5, 0.6) is 0 Å². The van der Waals surface area contributed by atoms with Crippen molar-refractivity contribution in [2.45, 2.75) is 20.0 Å². The molecule has 3 aromatic rings. The van der Waals surface area contributed by atoms with Crippen LogP contribution >= 0.6 is 0 Å². The molecule has 0 bridgehead atoms. The van der Waals surface area contributed by atoms with E-state index in [1.165, 1.54) is 30.5 Å². The fourth-order valence-corrected chi connectivity index (χ4v) is 2.93. The molecule has 6 nitrogen and oxygen atoms in total. The molecule has 2 N–H and O–H groups in total. The van der Waals surface area contributed by atoms with Crippen molar-refractivity contribution in [3.05, 3.63) is 83.0 Å². The lowest BCUT2D eigenvalue weighted by Gasteiger charge is -2.13. The van der Waals surface area contributed by atoms with Crippen LogP contribution in [-0.4, -0.2) is 23.5 Å². The lowest BCUT2D eigenvalue weighted by Crippen LogP contribution is -2.22. The number of pyridine rings is 1. The van der Waals surface area contributed by atoms with E-state index >= 15 is 0 Å². The topological polar surface area (TPSA) is 80.3 Å². The maximum absolute atomic E-state index is 12.9. The Labute approximate surface area is 182 Å². The Morgan fingerprint density at radius 1 is 1.03 bits per heavy atom. The van der Waals surface area contributed by atoms with Crippen molar-refractivity contribution in [2.75, 3.05) is 17.2 Å². The van der Waals surface area contributed by atoms with E-state index in [0.717, 1.165) is 23.3 Å². The first-order valence-electron chi connectivity index (χ1n) is 9.57. The summed E-state index contributed by atoms with van der Waals surface area (Å²) >= 11 is 0. The molecule has 3 rings (SSSR count). The molecule has 2 aromatic carbocycles.